The van der Waals surface area contributed by atoms with Crippen molar-refractivity contribution in [3.05, 3.63) is 103 Å². The molecule has 12 heteroatoms. The van der Waals surface area contributed by atoms with Crippen molar-refractivity contribution in [2.45, 2.75) is 52.0 Å². The summed E-state index contributed by atoms with van der Waals surface area (Å²) in [4.78, 5) is 48.9. The first-order valence-corrected chi connectivity index (χ1v) is 17.2. The zero-order valence-electron chi connectivity index (χ0n) is 29.3. The molecule has 7 rings (SSSR count). The van der Waals surface area contributed by atoms with Crippen LogP contribution >= 0.6 is 11.6 Å². The molecule has 0 amide bonds. The smallest absolute Gasteiger partial charge is 0.542 e. The fraction of sp³-hybridized carbons (Fsp3) is 0.333. The SMILES string of the molecule is COc1nc(-c2cccc(-c3cccc(Nc4nc(C)cc5c4c(=O)n(C)c(=O)n5C)c3C)c2Cl)cc2c1[C@@H](N1CC[C-](CC[C-]=O)C1)CC2.[Mn+2]. The Morgan fingerprint density at radius 2 is 1.78 bits per heavy atom. The summed E-state index contributed by atoms with van der Waals surface area (Å²) in [6, 6.07) is 16.0. The Kier molecular flexibility index (Phi) is 10.6. The van der Waals surface area contributed by atoms with Crippen molar-refractivity contribution in [3.63, 3.8) is 0 Å². The summed E-state index contributed by atoms with van der Waals surface area (Å²) in [5.74, 6) is 2.41. The number of nitrogens with zero attached hydrogens (tertiary/aromatic N) is 5. The summed E-state index contributed by atoms with van der Waals surface area (Å²) in [5, 5.41) is 4.31. The van der Waals surface area contributed by atoms with Crippen LogP contribution in [0.3, 0.4) is 0 Å². The predicted octanol–water partition coefficient (Wildman–Crippen LogP) is 6.54. The van der Waals surface area contributed by atoms with Crippen LogP contribution in [0.4, 0.5) is 11.5 Å². The number of anilines is 2. The summed E-state index contributed by atoms with van der Waals surface area (Å²) < 4.78 is 8.48. The number of fused-ring (bicyclic) bond motifs is 2. The van der Waals surface area contributed by atoms with E-state index in [0.717, 1.165) is 82.5 Å². The van der Waals surface area contributed by atoms with Crippen molar-refractivity contribution in [1.82, 2.24) is 24.0 Å². The Balaban J connectivity index is 0.00000448. The number of aromatic nitrogens is 4. The van der Waals surface area contributed by atoms with Gasteiger partial charge in [-0.05, 0) is 68.1 Å². The largest absolute Gasteiger partial charge is 2.00 e. The molecule has 5 aromatic rings. The van der Waals surface area contributed by atoms with E-state index in [1.54, 1.807) is 20.2 Å². The molecule has 10 nitrogen and oxygen atoms in total. The normalized spacial score (nSPS) is 15.9. The van der Waals surface area contributed by atoms with Gasteiger partial charge in [0.2, 0.25) is 5.88 Å². The van der Waals surface area contributed by atoms with E-state index in [9.17, 15) is 14.4 Å². The van der Waals surface area contributed by atoms with Crippen molar-refractivity contribution in [2.75, 3.05) is 25.5 Å². The first-order chi connectivity index (χ1) is 24.1. The number of nitrogens with one attached hydrogen (secondary N) is 1. The molecule has 263 valence electrons. The number of carbonyl (C=O) groups excluding carboxylic acids is 1. The molecule has 1 N–H and O–H groups in total. The van der Waals surface area contributed by atoms with Gasteiger partial charge in [-0.3, -0.25) is 20.2 Å². The number of hydrogen-bond donors (Lipinski definition) is 1. The van der Waals surface area contributed by atoms with E-state index in [0.29, 0.717) is 39.7 Å². The van der Waals surface area contributed by atoms with E-state index in [4.69, 9.17) is 21.3 Å². The van der Waals surface area contributed by atoms with E-state index in [1.165, 1.54) is 23.1 Å². The van der Waals surface area contributed by atoms with Crippen molar-refractivity contribution >= 4 is 40.3 Å². The van der Waals surface area contributed by atoms with Crippen molar-refractivity contribution < 1.29 is 26.6 Å². The molecule has 1 fully saturated rings. The topological polar surface area (TPSA) is 111 Å². The van der Waals surface area contributed by atoms with Gasteiger partial charge >= 0.3 is 22.8 Å². The molecule has 1 aliphatic heterocycles. The number of halogens is 1. The minimum absolute atomic E-state index is 0. The van der Waals surface area contributed by atoms with Crippen LogP contribution < -0.4 is 21.3 Å². The number of hydrogen-bond acceptors (Lipinski definition) is 8. The average molecular weight is 746 g/mol. The molecule has 4 heterocycles. The molecule has 2 aliphatic rings. The molecule has 0 bridgehead atoms. The Labute approximate surface area is 312 Å². The molecule has 0 saturated carbocycles. The second-order valence-corrected chi connectivity index (χ2v) is 13.6. The van der Waals surface area contributed by atoms with Crippen molar-refractivity contribution in [3.8, 4) is 28.3 Å². The number of pyridine rings is 2. The Morgan fingerprint density at radius 3 is 2.55 bits per heavy atom. The Morgan fingerprint density at radius 1 is 1.04 bits per heavy atom. The van der Waals surface area contributed by atoms with Crippen LogP contribution in [-0.2, 0) is 42.4 Å². The second kappa shape index (κ2) is 14.8. The number of likely N-dealkylation sites (tertiary alicyclic amines) is 1. The molecular weight excluding hydrogens is 707 g/mol. The van der Waals surface area contributed by atoms with Crippen molar-refractivity contribution in [1.29, 1.82) is 0 Å². The van der Waals surface area contributed by atoms with Crippen LogP contribution in [0, 0.1) is 19.8 Å². The predicted molar refractivity (Wildman–Crippen MR) is 197 cm³/mol. The van der Waals surface area contributed by atoms with Crippen LogP contribution in [0.25, 0.3) is 33.3 Å². The van der Waals surface area contributed by atoms with Crippen LogP contribution in [0.5, 0.6) is 5.88 Å². The van der Waals surface area contributed by atoms with Gasteiger partial charge in [0.1, 0.15) is 11.2 Å². The zero-order valence-corrected chi connectivity index (χ0v) is 31.2. The molecule has 0 spiro atoms. The summed E-state index contributed by atoms with van der Waals surface area (Å²) in [6.07, 6.45) is 6.22. The molecule has 0 unspecified atom stereocenters. The molecule has 1 radical (unpaired) electrons. The first-order valence-electron chi connectivity index (χ1n) is 16.8. The maximum absolute atomic E-state index is 13.3. The molecule has 3 aromatic heterocycles. The van der Waals surface area contributed by atoms with Gasteiger partial charge in [-0.25, -0.2) is 21.2 Å². The van der Waals surface area contributed by atoms with Crippen LogP contribution in [0.1, 0.15) is 54.1 Å². The second-order valence-electron chi connectivity index (χ2n) is 13.2. The fourth-order valence-electron chi connectivity index (χ4n) is 7.62. The summed E-state index contributed by atoms with van der Waals surface area (Å²) in [6.45, 7) is 5.70. The van der Waals surface area contributed by atoms with Gasteiger partial charge in [-0.2, -0.15) is 12.8 Å². The maximum atomic E-state index is 13.3. The van der Waals surface area contributed by atoms with Gasteiger partial charge in [-0.15, -0.1) is 6.54 Å². The van der Waals surface area contributed by atoms with E-state index >= 15 is 0 Å². The molecular formula is C39H39ClMnN6O4. The third kappa shape index (κ3) is 6.53. The molecule has 1 saturated heterocycles. The van der Waals surface area contributed by atoms with E-state index in [-0.39, 0.29) is 23.1 Å². The van der Waals surface area contributed by atoms with Gasteiger partial charge in [0, 0.05) is 48.2 Å². The van der Waals surface area contributed by atoms with Gasteiger partial charge in [-0.1, -0.05) is 41.9 Å². The van der Waals surface area contributed by atoms with Gasteiger partial charge in [0.15, 0.2) is 0 Å². The monoisotopic (exact) mass is 745 g/mol. The molecule has 1 atom stereocenters. The number of methoxy groups -OCH3 is 1. The number of benzene rings is 2. The Bertz CT molecular complexity index is 2290. The minimum Gasteiger partial charge on any atom is -0.542 e. The third-order valence-electron chi connectivity index (χ3n) is 10.3. The number of rotatable bonds is 9. The molecule has 1 aliphatic carbocycles. The van der Waals surface area contributed by atoms with E-state index < -0.39 is 11.2 Å². The summed E-state index contributed by atoms with van der Waals surface area (Å²) in [5.41, 5.74) is 7.75. The maximum Gasteiger partial charge on any atom is 2.00 e. The van der Waals surface area contributed by atoms with E-state index in [1.807, 2.05) is 56.5 Å². The van der Waals surface area contributed by atoms with Gasteiger partial charge in [0.25, 0.3) is 5.56 Å². The van der Waals surface area contributed by atoms with Crippen LogP contribution in [0.2, 0.25) is 5.02 Å². The van der Waals surface area contributed by atoms with Crippen LogP contribution in [0.15, 0.2) is 58.1 Å². The summed E-state index contributed by atoms with van der Waals surface area (Å²) in [7, 11) is 4.79. The quantitative estimate of drug-likeness (QED) is 0.134. The summed E-state index contributed by atoms with van der Waals surface area (Å²) >= 11 is 7.24. The third-order valence-corrected chi connectivity index (χ3v) is 10.7. The standard InChI is InChI=1S/C39H39ClN6O4.Mn/c1-22-19-32-34(38(48)45(4)39(49)44(32)3)36(41-22)42-29-13-7-10-26(23(29)2)27-11-6-12-28(35(27)40)30-20-25-14-15-31(33(25)37(43-30)50-5)46-17-16-24(21-46)9-8-18-47;/h6-7,10-13,19-20,31H,8-9,14-17,21H2,1-5H3,(H,41,42);/q-2;+2/t31-;/m0./s1. The van der Waals surface area contributed by atoms with E-state index in [2.05, 4.69) is 21.3 Å². The fourth-order valence-corrected chi connectivity index (χ4v) is 7.94. The average Bonchev–Trinajstić information content (AvgIpc) is 3.76. The molecule has 51 heavy (non-hydrogen) atoms. The number of ether oxygens (including phenoxy) is 1. The van der Waals surface area contributed by atoms with Gasteiger partial charge < -0.3 is 25.7 Å². The number of aryl methyl sites for hydroxylation is 3. The van der Waals surface area contributed by atoms with Crippen LogP contribution in [-0.4, -0.2) is 50.5 Å². The zero-order chi connectivity index (χ0) is 35.3. The minimum atomic E-state index is -0.414. The molecule has 2 aromatic carbocycles. The van der Waals surface area contributed by atoms with Crippen molar-refractivity contribution in [2.24, 2.45) is 14.1 Å². The Hall–Kier alpha value is -4.28. The van der Waals surface area contributed by atoms with Gasteiger partial charge in [0.05, 0.1) is 23.3 Å². The first kappa shape index (κ1) is 36.5.